The number of nitrogens with two attached hydrogens (primary N) is 1. The minimum Gasteiger partial charge on any atom is -0.495 e. The molecule has 1 aromatic carbocycles. The van der Waals surface area contributed by atoms with E-state index in [4.69, 9.17) is 10.5 Å². The molecule has 1 saturated carbocycles. The largest absolute Gasteiger partial charge is 0.495 e. The number of benzene rings is 1. The van der Waals surface area contributed by atoms with E-state index in [1.807, 2.05) is 18.2 Å². The Hall–Kier alpha value is -1.75. The van der Waals surface area contributed by atoms with Crippen LogP contribution in [0.5, 0.6) is 5.75 Å². The maximum atomic E-state index is 12.4. The van der Waals surface area contributed by atoms with Crippen molar-refractivity contribution in [3.05, 3.63) is 24.3 Å². The van der Waals surface area contributed by atoms with Gasteiger partial charge in [0.1, 0.15) is 5.75 Å². The molecule has 1 saturated heterocycles. The molecular weight excluding hydrogens is 302 g/mol. The first kappa shape index (κ1) is 17.1. The zero-order valence-corrected chi connectivity index (χ0v) is 14.5. The van der Waals surface area contributed by atoms with E-state index in [9.17, 15) is 4.79 Å². The molecule has 24 heavy (non-hydrogen) atoms. The highest BCUT2D eigenvalue weighted by atomic mass is 16.5. The maximum Gasteiger partial charge on any atom is 0.223 e. The van der Waals surface area contributed by atoms with Gasteiger partial charge in [-0.15, -0.1) is 0 Å². The van der Waals surface area contributed by atoms with Crippen LogP contribution in [0.4, 0.5) is 5.69 Å². The van der Waals surface area contributed by atoms with E-state index in [1.165, 1.54) is 0 Å². The summed E-state index contributed by atoms with van der Waals surface area (Å²) in [6, 6.07) is 8.33. The second-order valence-corrected chi connectivity index (χ2v) is 7.14. The highest BCUT2D eigenvalue weighted by Gasteiger charge is 2.28. The lowest BCUT2D eigenvalue weighted by Gasteiger charge is -2.26. The summed E-state index contributed by atoms with van der Waals surface area (Å²) in [5.74, 6) is 1.72. The fourth-order valence-corrected chi connectivity index (χ4v) is 3.96. The molecule has 1 aromatic rings. The van der Waals surface area contributed by atoms with Gasteiger partial charge in [0.25, 0.3) is 0 Å². The van der Waals surface area contributed by atoms with Crippen LogP contribution in [0.15, 0.2) is 24.3 Å². The zero-order chi connectivity index (χ0) is 16.9. The molecular formula is C19H29N3O2. The second kappa shape index (κ2) is 7.88. The normalized spacial score (nSPS) is 27.1. The van der Waals surface area contributed by atoms with Crippen molar-refractivity contribution in [2.45, 2.75) is 38.1 Å². The Labute approximate surface area is 144 Å². The van der Waals surface area contributed by atoms with E-state index in [1.54, 1.807) is 7.11 Å². The standard InChI is InChI=1S/C19H29N3O2/c1-24-18-8-3-2-7-17(18)22-10-9-14(13-22)12-21-19(23)15-5-4-6-16(20)11-15/h2-3,7-8,14-16H,4-6,9-13,20H2,1H3,(H,21,23). The number of nitrogens with zero attached hydrogens (tertiary/aromatic N) is 1. The quantitative estimate of drug-likeness (QED) is 0.867. The van der Waals surface area contributed by atoms with Crippen LogP contribution >= 0.6 is 0 Å². The minimum absolute atomic E-state index is 0.112. The molecule has 0 spiro atoms. The fraction of sp³-hybridized carbons (Fsp3) is 0.632. The molecule has 3 atom stereocenters. The van der Waals surface area contributed by atoms with Gasteiger partial charge in [0, 0.05) is 31.6 Å². The number of carbonyl (C=O) groups excluding carboxylic acids is 1. The number of ether oxygens (including phenoxy) is 1. The van der Waals surface area contributed by atoms with Crippen molar-refractivity contribution in [1.29, 1.82) is 0 Å². The van der Waals surface area contributed by atoms with Gasteiger partial charge in [-0.3, -0.25) is 4.79 Å². The number of hydrogen-bond acceptors (Lipinski definition) is 4. The molecule has 0 aromatic heterocycles. The van der Waals surface area contributed by atoms with Crippen molar-refractivity contribution in [2.24, 2.45) is 17.6 Å². The predicted octanol–water partition coefficient (Wildman–Crippen LogP) is 2.16. The minimum atomic E-state index is 0.112. The van der Waals surface area contributed by atoms with E-state index in [0.717, 1.165) is 63.2 Å². The predicted molar refractivity (Wildman–Crippen MR) is 96.3 cm³/mol. The highest BCUT2D eigenvalue weighted by molar-refractivity contribution is 5.78. The number of hydrogen-bond donors (Lipinski definition) is 2. The molecule has 3 rings (SSSR count). The van der Waals surface area contributed by atoms with Crippen LogP contribution in [-0.4, -0.2) is 38.7 Å². The van der Waals surface area contributed by atoms with Gasteiger partial charge in [0.2, 0.25) is 5.91 Å². The zero-order valence-electron chi connectivity index (χ0n) is 14.5. The van der Waals surface area contributed by atoms with E-state index in [-0.39, 0.29) is 17.9 Å². The van der Waals surface area contributed by atoms with Gasteiger partial charge in [-0.05, 0) is 43.7 Å². The summed E-state index contributed by atoms with van der Waals surface area (Å²) in [6.07, 6.45) is 5.05. The number of para-hydroxylation sites is 2. The number of methoxy groups -OCH3 is 1. The first-order chi connectivity index (χ1) is 11.7. The van der Waals surface area contributed by atoms with Gasteiger partial charge in [0.05, 0.1) is 12.8 Å². The molecule has 5 heteroatoms. The summed E-state index contributed by atoms with van der Waals surface area (Å²) in [5.41, 5.74) is 7.14. The van der Waals surface area contributed by atoms with Crippen LogP contribution in [0.2, 0.25) is 0 Å². The summed E-state index contributed by atoms with van der Waals surface area (Å²) in [6.45, 7) is 2.73. The molecule has 1 heterocycles. The Balaban J connectivity index is 1.49. The topological polar surface area (TPSA) is 67.6 Å². The summed E-state index contributed by atoms with van der Waals surface area (Å²) in [5, 5.41) is 3.16. The number of carbonyl (C=O) groups is 1. The van der Waals surface area contributed by atoms with Crippen molar-refractivity contribution in [3.8, 4) is 5.75 Å². The number of nitrogens with one attached hydrogen (secondary N) is 1. The Morgan fingerprint density at radius 3 is 2.96 bits per heavy atom. The molecule has 1 aliphatic carbocycles. The molecule has 1 aliphatic heterocycles. The molecule has 2 aliphatic rings. The average Bonchev–Trinajstić information content (AvgIpc) is 3.08. The van der Waals surface area contributed by atoms with Crippen LogP contribution in [0.25, 0.3) is 0 Å². The third kappa shape index (κ3) is 4.01. The van der Waals surface area contributed by atoms with E-state index in [0.29, 0.717) is 5.92 Å². The van der Waals surface area contributed by atoms with Gasteiger partial charge in [-0.2, -0.15) is 0 Å². The second-order valence-electron chi connectivity index (χ2n) is 7.14. The lowest BCUT2D eigenvalue weighted by molar-refractivity contribution is -0.126. The lowest BCUT2D eigenvalue weighted by atomic mass is 9.85. The van der Waals surface area contributed by atoms with Gasteiger partial charge >= 0.3 is 0 Å². The highest BCUT2D eigenvalue weighted by Crippen LogP contribution is 2.31. The van der Waals surface area contributed by atoms with Crippen LogP contribution < -0.4 is 20.7 Å². The Morgan fingerprint density at radius 2 is 2.17 bits per heavy atom. The summed E-state index contributed by atoms with van der Waals surface area (Å²) >= 11 is 0. The first-order valence-electron chi connectivity index (χ1n) is 9.08. The molecule has 2 fully saturated rings. The van der Waals surface area contributed by atoms with E-state index in [2.05, 4.69) is 16.3 Å². The van der Waals surface area contributed by atoms with Gasteiger partial charge in [-0.1, -0.05) is 18.6 Å². The van der Waals surface area contributed by atoms with Gasteiger partial charge in [-0.25, -0.2) is 0 Å². The monoisotopic (exact) mass is 331 g/mol. The van der Waals surface area contributed by atoms with Crippen LogP contribution in [-0.2, 0) is 4.79 Å². The molecule has 3 unspecified atom stereocenters. The van der Waals surface area contributed by atoms with Gasteiger partial charge < -0.3 is 20.7 Å². The Morgan fingerprint density at radius 1 is 1.33 bits per heavy atom. The summed E-state index contributed by atoms with van der Waals surface area (Å²) in [4.78, 5) is 14.7. The third-order valence-electron chi connectivity index (χ3n) is 5.36. The van der Waals surface area contributed by atoms with E-state index < -0.39 is 0 Å². The number of anilines is 1. The molecule has 0 radical (unpaired) electrons. The van der Waals surface area contributed by atoms with Crippen LogP contribution in [0, 0.1) is 11.8 Å². The van der Waals surface area contributed by atoms with Crippen LogP contribution in [0.3, 0.4) is 0 Å². The average molecular weight is 331 g/mol. The van der Waals surface area contributed by atoms with Crippen molar-refractivity contribution >= 4 is 11.6 Å². The lowest BCUT2D eigenvalue weighted by Crippen LogP contribution is -2.39. The van der Waals surface area contributed by atoms with E-state index >= 15 is 0 Å². The van der Waals surface area contributed by atoms with Crippen molar-refractivity contribution < 1.29 is 9.53 Å². The van der Waals surface area contributed by atoms with Crippen molar-refractivity contribution in [1.82, 2.24) is 5.32 Å². The smallest absolute Gasteiger partial charge is 0.223 e. The molecule has 0 bridgehead atoms. The summed E-state index contributed by atoms with van der Waals surface area (Å²) in [7, 11) is 1.71. The first-order valence-corrected chi connectivity index (χ1v) is 9.08. The molecule has 5 nitrogen and oxygen atoms in total. The SMILES string of the molecule is COc1ccccc1N1CCC(CNC(=O)C2CCCC(N)C2)C1. The number of amides is 1. The summed E-state index contributed by atoms with van der Waals surface area (Å²) < 4.78 is 5.46. The van der Waals surface area contributed by atoms with Crippen LogP contribution in [0.1, 0.15) is 32.1 Å². The Bertz CT molecular complexity index is 563. The maximum absolute atomic E-state index is 12.4. The Kier molecular flexibility index (Phi) is 5.61. The fourth-order valence-electron chi connectivity index (χ4n) is 3.96. The molecule has 3 N–H and O–H groups in total. The van der Waals surface area contributed by atoms with Crippen molar-refractivity contribution in [3.63, 3.8) is 0 Å². The third-order valence-corrected chi connectivity index (χ3v) is 5.36. The molecule has 1 amide bonds. The van der Waals surface area contributed by atoms with Crippen molar-refractivity contribution in [2.75, 3.05) is 31.6 Å². The number of rotatable bonds is 5. The van der Waals surface area contributed by atoms with Gasteiger partial charge in [0.15, 0.2) is 0 Å². The molecule has 132 valence electrons.